The second kappa shape index (κ2) is 14.7. The van der Waals surface area contributed by atoms with Gasteiger partial charge in [-0.05, 0) is 103 Å². The normalized spacial score (nSPS) is 12.3. The fourth-order valence-electron chi connectivity index (χ4n) is 4.65. The van der Waals surface area contributed by atoms with E-state index in [9.17, 15) is 18.0 Å². The molecule has 2 amide bonds. The van der Waals surface area contributed by atoms with Crippen LogP contribution in [0.5, 0.6) is 0 Å². The predicted octanol–water partition coefficient (Wildman–Crippen LogP) is 6.80. The molecule has 0 spiro atoms. The minimum Gasteiger partial charge on any atom is -0.350 e. The summed E-state index contributed by atoms with van der Waals surface area (Å²) in [6, 6.07) is 31.1. The molecule has 0 fully saturated rings. The maximum atomic E-state index is 14.5. The lowest BCUT2D eigenvalue weighted by Gasteiger charge is -2.35. The van der Waals surface area contributed by atoms with Crippen LogP contribution in [0.2, 0.25) is 0 Å². The molecule has 0 unspecified atom stereocenters. The SMILES string of the molecule is CC(C)(C)NC(=O)[C@@H](Cc1ccccc1)N(Cc1ccc(Br)cc1)C(=O)CN(c1ccc(I)cc1)S(=O)(=O)c1ccccc1. The molecule has 7 nitrogen and oxygen atoms in total. The summed E-state index contributed by atoms with van der Waals surface area (Å²) in [6.45, 7) is 5.26. The van der Waals surface area contributed by atoms with Gasteiger partial charge in [-0.3, -0.25) is 13.9 Å². The number of carbonyl (C=O) groups is 2. The summed E-state index contributed by atoms with van der Waals surface area (Å²) < 4.78 is 31.0. The van der Waals surface area contributed by atoms with E-state index in [1.54, 1.807) is 42.5 Å². The average Bonchev–Trinajstić information content (AvgIpc) is 2.99. The summed E-state index contributed by atoms with van der Waals surface area (Å²) in [5.74, 6) is -0.825. The molecule has 1 N–H and O–H groups in total. The van der Waals surface area contributed by atoms with Gasteiger partial charge >= 0.3 is 0 Å². The van der Waals surface area contributed by atoms with E-state index in [2.05, 4.69) is 43.8 Å². The summed E-state index contributed by atoms with van der Waals surface area (Å²) >= 11 is 5.61. The average molecular weight is 789 g/mol. The smallest absolute Gasteiger partial charge is 0.264 e. The number of amides is 2. The molecule has 0 heterocycles. The van der Waals surface area contributed by atoms with Crippen molar-refractivity contribution in [1.82, 2.24) is 10.2 Å². The van der Waals surface area contributed by atoms with Gasteiger partial charge in [0.1, 0.15) is 12.6 Å². The third-order valence-electron chi connectivity index (χ3n) is 6.76. The van der Waals surface area contributed by atoms with Crippen LogP contribution in [0.4, 0.5) is 5.69 Å². The van der Waals surface area contributed by atoms with E-state index in [1.807, 2.05) is 75.4 Å². The Hall–Kier alpha value is -3.22. The third kappa shape index (κ3) is 9.15. The van der Waals surface area contributed by atoms with E-state index in [0.717, 1.165) is 23.5 Å². The van der Waals surface area contributed by atoms with E-state index >= 15 is 0 Å². The number of hydrogen-bond acceptors (Lipinski definition) is 4. The van der Waals surface area contributed by atoms with Gasteiger partial charge in [-0.25, -0.2) is 8.42 Å². The van der Waals surface area contributed by atoms with Crippen LogP contribution in [-0.2, 0) is 32.6 Å². The van der Waals surface area contributed by atoms with E-state index in [1.165, 1.54) is 17.0 Å². The Balaban J connectivity index is 1.80. The van der Waals surface area contributed by atoms with Gasteiger partial charge < -0.3 is 10.2 Å². The fourth-order valence-corrected chi connectivity index (χ4v) is 6.71. The number of nitrogens with one attached hydrogen (secondary N) is 1. The molecular formula is C34H35BrIN3O4S. The van der Waals surface area contributed by atoms with E-state index in [0.29, 0.717) is 5.69 Å². The van der Waals surface area contributed by atoms with Crippen LogP contribution in [-0.4, -0.2) is 43.3 Å². The van der Waals surface area contributed by atoms with Crippen molar-refractivity contribution in [3.05, 3.63) is 128 Å². The van der Waals surface area contributed by atoms with Crippen LogP contribution >= 0.6 is 38.5 Å². The highest BCUT2D eigenvalue weighted by Crippen LogP contribution is 2.26. The van der Waals surface area contributed by atoms with Crippen LogP contribution < -0.4 is 9.62 Å². The first-order valence-electron chi connectivity index (χ1n) is 14.1. The van der Waals surface area contributed by atoms with Crippen molar-refractivity contribution < 1.29 is 18.0 Å². The Morgan fingerprint density at radius 1 is 0.818 bits per heavy atom. The zero-order chi connectivity index (χ0) is 31.9. The standard InChI is InChI=1S/C34H35BrIN3O4S/c1-34(2,3)37-33(41)31(22-25-10-6-4-7-11-25)38(23-26-14-16-27(35)17-15-26)32(40)24-39(29-20-18-28(36)19-21-29)44(42,43)30-12-8-5-9-13-30/h4-21,31H,22-24H2,1-3H3,(H,37,41)/t31-/m1/s1. The summed E-state index contributed by atoms with van der Waals surface area (Å²) in [5.41, 5.74) is 1.48. The van der Waals surface area contributed by atoms with E-state index in [4.69, 9.17) is 0 Å². The molecule has 44 heavy (non-hydrogen) atoms. The second-order valence-corrected chi connectivity index (χ2v) is 15.4. The summed E-state index contributed by atoms with van der Waals surface area (Å²) in [5, 5.41) is 3.04. The quantitative estimate of drug-likeness (QED) is 0.170. The maximum Gasteiger partial charge on any atom is 0.264 e. The lowest BCUT2D eigenvalue weighted by molar-refractivity contribution is -0.140. The molecule has 0 aliphatic carbocycles. The van der Waals surface area contributed by atoms with Crippen LogP contribution in [0.25, 0.3) is 0 Å². The highest BCUT2D eigenvalue weighted by atomic mass is 127. The van der Waals surface area contributed by atoms with Crippen LogP contribution in [0.1, 0.15) is 31.9 Å². The van der Waals surface area contributed by atoms with Crippen LogP contribution in [0.3, 0.4) is 0 Å². The van der Waals surface area contributed by atoms with Gasteiger partial charge in [-0.1, -0.05) is 76.6 Å². The summed E-state index contributed by atoms with van der Waals surface area (Å²) in [7, 11) is -4.13. The van der Waals surface area contributed by atoms with Crippen LogP contribution in [0.15, 0.2) is 119 Å². The lowest BCUT2D eigenvalue weighted by atomic mass is 10.0. The minimum absolute atomic E-state index is 0.0668. The molecule has 4 rings (SSSR count). The highest BCUT2D eigenvalue weighted by molar-refractivity contribution is 14.1. The molecule has 0 bridgehead atoms. The topological polar surface area (TPSA) is 86.8 Å². The number of halogens is 2. The first kappa shape index (κ1) is 33.7. The van der Waals surface area contributed by atoms with Gasteiger partial charge in [0.2, 0.25) is 11.8 Å². The summed E-state index contributed by atoms with van der Waals surface area (Å²) in [4.78, 5) is 30.0. The lowest BCUT2D eigenvalue weighted by Crippen LogP contribution is -2.56. The van der Waals surface area contributed by atoms with Crippen molar-refractivity contribution in [2.75, 3.05) is 10.8 Å². The zero-order valence-electron chi connectivity index (χ0n) is 24.8. The third-order valence-corrected chi connectivity index (χ3v) is 9.80. The Kier molecular flexibility index (Phi) is 11.3. The number of rotatable bonds is 11. The molecule has 0 aliphatic rings. The molecule has 1 atom stereocenters. The number of sulfonamides is 1. The predicted molar refractivity (Wildman–Crippen MR) is 187 cm³/mol. The highest BCUT2D eigenvalue weighted by Gasteiger charge is 2.35. The minimum atomic E-state index is -4.13. The monoisotopic (exact) mass is 787 g/mol. The molecule has 10 heteroatoms. The van der Waals surface area contributed by atoms with Gasteiger partial charge in [0.25, 0.3) is 10.0 Å². The van der Waals surface area contributed by atoms with Crippen molar-refractivity contribution in [3.8, 4) is 0 Å². The molecular weight excluding hydrogens is 753 g/mol. The second-order valence-electron chi connectivity index (χ2n) is 11.4. The summed E-state index contributed by atoms with van der Waals surface area (Å²) in [6.07, 6.45) is 0.250. The number of carbonyl (C=O) groups excluding carboxylic acids is 2. The van der Waals surface area contributed by atoms with E-state index < -0.39 is 34.1 Å². The Morgan fingerprint density at radius 3 is 1.95 bits per heavy atom. The Morgan fingerprint density at radius 2 is 1.39 bits per heavy atom. The van der Waals surface area contributed by atoms with Gasteiger partial charge in [-0.2, -0.15) is 0 Å². The molecule has 4 aromatic rings. The van der Waals surface area contributed by atoms with Crippen molar-refractivity contribution in [2.45, 2.75) is 50.2 Å². The van der Waals surface area contributed by atoms with Crippen molar-refractivity contribution in [2.24, 2.45) is 0 Å². The molecule has 4 aromatic carbocycles. The molecule has 230 valence electrons. The number of nitrogens with zero attached hydrogens (tertiary/aromatic N) is 2. The van der Waals surface area contributed by atoms with Crippen molar-refractivity contribution >= 4 is 66.0 Å². The molecule has 0 aliphatic heterocycles. The number of benzene rings is 4. The largest absolute Gasteiger partial charge is 0.350 e. The van der Waals surface area contributed by atoms with Gasteiger partial charge in [0, 0.05) is 26.5 Å². The molecule has 0 saturated heterocycles. The fraction of sp³-hybridized carbons (Fsp3) is 0.235. The Labute approximate surface area is 282 Å². The maximum absolute atomic E-state index is 14.5. The van der Waals surface area contributed by atoms with E-state index in [-0.39, 0.29) is 23.8 Å². The number of anilines is 1. The van der Waals surface area contributed by atoms with Gasteiger partial charge in [0.05, 0.1) is 10.6 Å². The first-order valence-corrected chi connectivity index (χ1v) is 17.4. The van der Waals surface area contributed by atoms with Gasteiger partial charge in [-0.15, -0.1) is 0 Å². The van der Waals surface area contributed by atoms with Gasteiger partial charge in [0.15, 0.2) is 0 Å². The first-order chi connectivity index (χ1) is 20.8. The number of hydrogen-bond donors (Lipinski definition) is 1. The van der Waals surface area contributed by atoms with Crippen molar-refractivity contribution in [3.63, 3.8) is 0 Å². The molecule has 0 radical (unpaired) electrons. The van der Waals surface area contributed by atoms with Crippen molar-refractivity contribution in [1.29, 1.82) is 0 Å². The Bertz CT molecular complexity index is 1660. The van der Waals surface area contributed by atoms with Crippen LogP contribution in [0, 0.1) is 3.57 Å². The molecule has 0 aromatic heterocycles. The zero-order valence-corrected chi connectivity index (χ0v) is 29.3. The molecule has 0 saturated carbocycles.